The monoisotopic (exact) mass is 642 g/mol. The van der Waals surface area contributed by atoms with Gasteiger partial charge in [0.1, 0.15) is 11.3 Å². The molecule has 5 nitrogen and oxygen atoms in total. The maximum absolute atomic E-state index is 6.53. The van der Waals surface area contributed by atoms with Crippen molar-refractivity contribution in [2.45, 2.75) is 12.0 Å². The molecule has 0 amide bonds. The first-order valence-electron chi connectivity index (χ1n) is 16.9. The summed E-state index contributed by atoms with van der Waals surface area (Å²) in [7, 11) is 0. The zero-order valence-electron chi connectivity index (χ0n) is 27.0. The Bertz CT molecular complexity index is 2560. The van der Waals surface area contributed by atoms with Crippen LogP contribution in [0.2, 0.25) is 0 Å². The first-order chi connectivity index (χ1) is 24.8. The topological polar surface area (TPSA) is 55.1 Å². The normalized spacial score (nSPS) is 15.9. The van der Waals surface area contributed by atoms with Gasteiger partial charge in [-0.1, -0.05) is 121 Å². The van der Waals surface area contributed by atoms with Gasteiger partial charge in [-0.3, -0.25) is 0 Å². The molecule has 1 aliphatic heterocycles. The minimum absolute atomic E-state index is 0.109. The van der Waals surface area contributed by atoms with Crippen molar-refractivity contribution in [2.24, 2.45) is 0 Å². The number of aromatic nitrogens is 3. The van der Waals surface area contributed by atoms with Crippen molar-refractivity contribution < 1.29 is 4.42 Å². The molecule has 236 valence electrons. The van der Waals surface area contributed by atoms with Crippen LogP contribution in [0.1, 0.15) is 22.8 Å². The van der Waals surface area contributed by atoms with Crippen LogP contribution in [0.4, 0.5) is 11.4 Å². The zero-order valence-corrected chi connectivity index (χ0v) is 27.0. The zero-order chi connectivity index (χ0) is 33.0. The number of benzene rings is 6. The second kappa shape index (κ2) is 11.5. The van der Waals surface area contributed by atoms with E-state index in [0.717, 1.165) is 44.5 Å². The number of rotatable bonds is 5. The van der Waals surface area contributed by atoms with Crippen molar-refractivity contribution in [3.63, 3.8) is 0 Å². The Morgan fingerprint density at radius 2 is 1.10 bits per heavy atom. The number of fused-ring (bicyclic) bond motifs is 7. The Labute approximate surface area is 289 Å². The summed E-state index contributed by atoms with van der Waals surface area (Å²) in [5.74, 6) is 2.90. The number of para-hydroxylation sites is 2. The average molecular weight is 643 g/mol. The Hall–Kier alpha value is -6.59. The molecule has 0 saturated heterocycles. The number of hydrogen-bond acceptors (Lipinski definition) is 5. The summed E-state index contributed by atoms with van der Waals surface area (Å²) < 4.78 is 6.53. The lowest BCUT2D eigenvalue weighted by molar-refractivity contribution is 0.584. The van der Waals surface area contributed by atoms with E-state index in [-0.39, 0.29) is 12.0 Å². The molecule has 0 N–H and O–H groups in total. The van der Waals surface area contributed by atoms with E-state index in [4.69, 9.17) is 19.4 Å². The maximum Gasteiger partial charge on any atom is 0.164 e. The van der Waals surface area contributed by atoms with E-state index in [0.29, 0.717) is 17.5 Å². The van der Waals surface area contributed by atoms with Gasteiger partial charge in [0.05, 0.1) is 6.04 Å². The van der Waals surface area contributed by atoms with E-state index in [1.807, 2.05) is 36.4 Å². The second-order valence-electron chi connectivity index (χ2n) is 12.8. The highest BCUT2D eigenvalue weighted by molar-refractivity contribution is 5.92. The standard InChI is InChI=1S/C45H30N4O/c1-4-13-29(14-5-1)31-17-12-18-32(27-31)44-46-43(30-15-6-2-7-16-30)47-45(48-44)33-23-25-39-36(28-33)42-40(50-39)26-24-38-41(42)35-21-10-11-22-37(35)49(38)34-19-8-3-9-20-34/h1-28,38,41H. The van der Waals surface area contributed by atoms with Gasteiger partial charge >= 0.3 is 0 Å². The summed E-state index contributed by atoms with van der Waals surface area (Å²) in [6.45, 7) is 0. The first kappa shape index (κ1) is 28.4. The van der Waals surface area contributed by atoms with Gasteiger partial charge in [0.25, 0.3) is 0 Å². The van der Waals surface area contributed by atoms with Crippen LogP contribution >= 0.6 is 0 Å². The summed E-state index contributed by atoms with van der Waals surface area (Å²) in [5.41, 5.74) is 10.8. The van der Waals surface area contributed by atoms with Crippen LogP contribution in [0.5, 0.6) is 0 Å². The minimum Gasteiger partial charge on any atom is -0.456 e. The molecular weight excluding hydrogens is 613 g/mol. The molecule has 2 atom stereocenters. The Morgan fingerprint density at radius 1 is 0.500 bits per heavy atom. The Kier molecular flexibility index (Phi) is 6.56. The molecule has 0 bridgehead atoms. The summed E-state index contributed by atoms with van der Waals surface area (Å²) in [5, 5.41) is 1.08. The molecule has 50 heavy (non-hydrogen) atoms. The van der Waals surface area contributed by atoms with Crippen LogP contribution in [0.15, 0.2) is 168 Å². The SMILES string of the molecule is C1=CC2C(c3ccccc3N2c2ccccc2)c2c1oc1ccc(-c3nc(-c4ccccc4)nc(-c4cccc(-c5ccccc5)c4)n3)cc21. The van der Waals surface area contributed by atoms with Gasteiger partial charge in [-0.25, -0.2) is 15.0 Å². The Morgan fingerprint density at radius 3 is 1.86 bits per heavy atom. The second-order valence-corrected chi connectivity index (χ2v) is 12.8. The summed E-state index contributed by atoms with van der Waals surface area (Å²) in [4.78, 5) is 17.6. The van der Waals surface area contributed by atoms with Gasteiger partial charge in [0, 0.05) is 44.9 Å². The average Bonchev–Trinajstić information content (AvgIpc) is 3.74. The molecule has 0 saturated carbocycles. The molecule has 1 aliphatic carbocycles. The molecule has 0 fully saturated rings. The molecule has 10 rings (SSSR count). The third-order valence-electron chi connectivity index (χ3n) is 9.87. The highest BCUT2D eigenvalue weighted by Gasteiger charge is 2.43. The fourth-order valence-electron chi connectivity index (χ4n) is 7.61. The molecule has 8 aromatic rings. The highest BCUT2D eigenvalue weighted by Crippen LogP contribution is 2.53. The van der Waals surface area contributed by atoms with Crippen molar-refractivity contribution >= 4 is 28.4 Å². The van der Waals surface area contributed by atoms with Crippen LogP contribution in [0, 0.1) is 0 Å². The van der Waals surface area contributed by atoms with E-state index >= 15 is 0 Å². The number of furan rings is 1. The molecule has 0 spiro atoms. The lowest BCUT2D eigenvalue weighted by Crippen LogP contribution is -2.30. The fourth-order valence-corrected chi connectivity index (χ4v) is 7.61. The maximum atomic E-state index is 6.53. The van der Waals surface area contributed by atoms with Gasteiger partial charge < -0.3 is 9.32 Å². The minimum atomic E-state index is 0.109. The van der Waals surface area contributed by atoms with Gasteiger partial charge in [-0.2, -0.15) is 0 Å². The fraction of sp³-hybridized carbons (Fsp3) is 0.0444. The highest BCUT2D eigenvalue weighted by atomic mass is 16.3. The summed E-state index contributed by atoms with van der Waals surface area (Å²) >= 11 is 0. The number of hydrogen-bond donors (Lipinski definition) is 0. The molecule has 3 heterocycles. The lowest BCUT2D eigenvalue weighted by Gasteiger charge is -2.30. The smallest absolute Gasteiger partial charge is 0.164 e. The quantitative estimate of drug-likeness (QED) is 0.187. The number of nitrogens with zero attached hydrogens (tertiary/aromatic N) is 4. The van der Waals surface area contributed by atoms with Gasteiger partial charge in [-0.05, 0) is 65.2 Å². The largest absolute Gasteiger partial charge is 0.456 e. The van der Waals surface area contributed by atoms with Gasteiger partial charge in [0.2, 0.25) is 0 Å². The third kappa shape index (κ3) is 4.66. The van der Waals surface area contributed by atoms with E-state index in [2.05, 4.69) is 138 Å². The molecule has 6 aromatic carbocycles. The van der Waals surface area contributed by atoms with Crippen LogP contribution in [0.3, 0.4) is 0 Å². The van der Waals surface area contributed by atoms with Crippen molar-refractivity contribution in [1.29, 1.82) is 0 Å². The van der Waals surface area contributed by atoms with Crippen LogP contribution < -0.4 is 4.90 Å². The number of anilines is 2. The molecule has 2 aromatic heterocycles. The molecule has 2 aliphatic rings. The van der Waals surface area contributed by atoms with Crippen LogP contribution in [0.25, 0.3) is 62.3 Å². The van der Waals surface area contributed by atoms with E-state index in [1.165, 1.54) is 22.5 Å². The van der Waals surface area contributed by atoms with E-state index in [1.54, 1.807) is 0 Å². The van der Waals surface area contributed by atoms with E-state index in [9.17, 15) is 0 Å². The molecule has 5 heteroatoms. The van der Waals surface area contributed by atoms with Crippen LogP contribution in [-0.4, -0.2) is 21.0 Å². The predicted molar refractivity (Wildman–Crippen MR) is 201 cm³/mol. The third-order valence-corrected chi connectivity index (χ3v) is 9.87. The van der Waals surface area contributed by atoms with Crippen molar-refractivity contribution in [3.05, 3.63) is 181 Å². The van der Waals surface area contributed by atoms with Crippen molar-refractivity contribution in [3.8, 4) is 45.3 Å². The lowest BCUT2D eigenvalue weighted by atomic mass is 9.82. The van der Waals surface area contributed by atoms with Crippen molar-refractivity contribution in [2.75, 3.05) is 4.90 Å². The summed E-state index contributed by atoms with van der Waals surface area (Å²) in [6, 6.07) is 54.8. The first-order valence-corrected chi connectivity index (χ1v) is 16.9. The molecular formula is C45H30N4O. The molecule has 0 radical (unpaired) electrons. The van der Waals surface area contributed by atoms with E-state index < -0.39 is 0 Å². The van der Waals surface area contributed by atoms with Gasteiger partial charge in [0.15, 0.2) is 17.5 Å². The van der Waals surface area contributed by atoms with Crippen LogP contribution in [-0.2, 0) is 0 Å². The van der Waals surface area contributed by atoms with Gasteiger partial charge in [-0.15, -0.1) is 0 Å². The predicted octanol–water partition coefficient (Wildman–Crippen LogP) is 11.0. The molecule has 2 unspecified atom stereocenters. The van der Waals surface area contributed by atoms with Crippen molar-refractivity contribution in [1.82, 2.24) is 15.0 Å². The Balaban J connectivity index is 1.13. The summed E-state index contributed by atoms with van der Waals surface area (Å²) in [6.07, 6.45) is 4.43.